The summed E-state index contributed by atoms with van der Waals surface area (Å²) < 4.78 is 1.60. The fourth-order valence-electron chi connectivity index (χ4n) is 4.21. The van der Waals surface area contributed by atoms with Gasteiger partial charge >= 0.3 is 0 Å². The summed E-state index contributed by atoms with van der Waals surface area (Å²) in [6, 6.07) is 18.8. The lowest BCUT2D eigenvalue weighted by Gasteiger charge is -2.20. The van der Waals surface area contributed by atoms with Gasteiger partial charge in [-0.2, -0.15) is 0 Å². The van der Waals surface area contributed by atoms with Crippen molar-refractivity contribution >= 4 is 17.4 Å². The molecule has 0 bridgehead atoms. The van der Waals surface area contributed by atoms with E-state index in [4.69, 9.17) is 0 Å². The fraction of sp³-hybridized carbons (Fsp3) is 0.250. The van der Waals surface area contributed by atoms with Crippen LogP contribution in [0, 0.1) is 0 Å². The topological polar surface area (TPSA) is 50.2 Å². The largest absolute Gasteiger partial charge is 0.296 e. The van der Waals surface area contributed by atoms with Gasteiger partial charge in [-0.3, -0.25) is 9.89 Å². The van der Waals surface area contributed by atoms with E-state index >= 15 is 0 Å². The molecular formula is C24H23N3OS. The van der Waals surface area contributed by atoms with Gasteiger partial charge in [0, 0.05) is 33.3 Å². The summed E-state index contributed by atoms with van der Waals surface area (Å²) in [6.45, 7) is 0. The molecule has 1 N–H and O–H groups in total. The molecule has 5 rings (SSSR count). The average Bonchev–Trinajstić information content (AvgIpc) is 3.21. The van der Waals surface area contributed by atoms with Crippen molar-refractivity contribution in [1.29, 1.82) is 0 Å². The Kier molecular flexibility index (Phi) is 4.98. The third-order valence-corrected chi connectivity index (χ3v) is 6.77. The summed E-state index contributed by atoms with van der Waals surface area (Å²) in [4.78, 5) is 20.1. The van der Waals surface area contributed by atoms with Gasteiger partial charge in [0.05, 0.1) is 0 Å². The smallest absolute Gasteiger partial charge is 0.276 e. The molecule has 29 heavy (non-hydrogen) atoms. The Labute approximate surface area is 174 Å². The summed E-state index contributed by atoms with van der Waals surface area (Å²) in [5, 5.41) is 3.13. The van der Waals surface area contributed by atoms with Crippen molar-refractivity contribution in [2.24, 2.45) is 0 Å². The molecule has 4 nitrogen and oxygen atoms in total. The van der Waals surface area contributed by atoms with Crippen LogP contribution in [0.2, 0.25) is 0 Å². The highest BCUT2D eigenvalue weighted by atomic mass is 32.2. The second-order valence-corrected chi connectivity index (χ2v) is 8.79. The minimum atomic E-state index is 0.0457. The minimum absolute atomic E-state index is 0.0457. The first-order valence-corrected chi connectivity index (χ1v) is 11.0. The predicted molar refractivity (Wildman–Crippen MR) is 118 cm³/mol. The van der Waals surface area contributed by atoms with Crippen LogP contribution in [0.1, 0.15) is 43.6 Å². The van der Waals surface area contributed by atoms with Crippen LogP contribution in [0.4, 0.5) is 0 Å². The van der Waals surface area contributed by atoms with Gasteiger partial charge in [0.15, 0.2) is 5.65 Å². The van der Waals surface area contributed by atoms with E-state index in [0.29, 0.717) is 11.6 Å². The molecule has 0 amide bonds. The lowest BCUT2D eigenvalue weighted by atomic mass is 9.85. The van der Waals surface area contributed by atoms with Crippen LogP contribution >= 0.6 is 11.8 Å². The van der Waals surface area contributed by atoms with Crippen molar-refractivity contribution in [2.75, 3.05) is 0 Å². The van der Waals surface area contributed by atoms with Gasteiger partial charge in [-0.25, -0.2) is 9.50 Å². The van der Waals surface area contributed by atoms with E-state index in [1.165, 1.54) is 29.1 Å². The normalized spacial score (nSPS) is 15.0. The number of fused-ring (bicyclic) bond motifs is 1. The van der Waals surface area contributed by atoms with Gasteiger partial charge in [-0.1, -0.05) is 61.4 Å². The third kappa shape index (κ3) is 3.62. The summed E-state index contributed by atoms with van der Waals surface area (Å²) in [6.07, 6.45) is 9.57. The van der Waals surface area contributed by atoms with Gasteiger partial charge in [0.1, 0.15) is 0 Å². The van der Waals surface area contributed by atoms with E-state index in [-0.39, 0.29) is 5.56 Å². The van der Waals surface area contributed by atoms with E-state index in [1.54, 1.807) is 16.3 Å². The molecule has 4 aromatic rings. The number of benzene rings is 2. The van der Waals surface area contributed by atoms with Crippen molar-refractivity contribution in [2.45, 2.75) is 47.8 Å². The third-order valence-electron chi connectivity index (χ3n) is 5.76. The van der Waals surface area contributed by atoms with Gasteiger partial charge in [0.2, 0.25) is 0 Å². The zero-order valence-corrected chi connectivity index (χ0v) is 17.0. The quantitative estimate of drug-likeness (QED) is 0.464. The van der Waals surface area contributed by atoms with Crippen molar-refractivity contribution in [3.63, 3.8) is 0 Å². The Balaban J connectivity index is 1.44. The van der Waals surface area contributed by atoms with Crippen LogP contribution in [0.3, 0.4) is 0 Å². The first-order chi connectivity index (χ1) is 14.3. The summed E-state index contributed by atoms with van der Waals surface area (Å²) in [5.74, 6) is 0.349. The zero-order valence-electron chi connectivity index (χ0n) is 16.2. The molecule has 1 aliphatic carbocycles. The molecule has 0 aliphatic heterocycles. The zero-order chi connectivity index (χ0) is 19.6. The number of aromatic nitrogens is 3. The fourth-order valence-corrected chi connectivity index (χ4v) is 5.04. The molecule has 2 aromatic heterocycles. The van der Waals surface area contributed by atoms with Gasteiger partial charge in [-0.05, 0) is 48.6 Å². The van der Waals surface area contributed by atoms with Gasteiger partial charge < -0.3 is 0 Å². The second kappa shape index (κ2) is 7.91. The van der Waals surface area contributed by atoms with Crippen molar-refractivity contribution in [3.8, 4) is 11.1 Å². The monoisotopic (exact) mass is 401 g/mol. The van der Waals surface area contributed by atoms with E-state index in [1.807, 2.05) is 30.6 Å². The molecule has 2 aromatic carbocycles. The number of H-pyrrole nitrogens is 1. The maximum Gasteiger partial charge on any atom is 0.276 e. The Morgan fingerprint density at radius 3 is 2.41 bits per heavy atom. The summed E-state index contributed by atoms with van der Waals surface area (Å²) >= 11 is 1.74. The van der Waals surface area contributed by atoms with Crippen molar-refractivity contribution in [1.82, 2.24) is 14.6 Å². The predicted octanol–water partition coefficient (Wildman–Crippen LogP) is 5.89. The molecule has 2 heterocycles. The number of nitrogens with one attached hydrogen (secondary N) is 1. The Bertz CT molecular complexity index is 1170. The molecule has 5 heteroatoms. The number of aromatic amines is 1. The lowest BCUT2D eigenvalue weighted by molar-refractivity contribution is 0.439. The molecule has 0 spiro atoms. The van der Waals surface area contributed by atoms with Gasteiger partial charge in [-0.15, -0.1) is 0 Å². The van der Waals surface area contributed by atoms with E-state index in [2.05, 4.69) is 46.5 Å². The molecule has 0 saturated heterocycles. The highest BCUT2D eigenvalue weighted by Gasteiger charge is 2.21. The maximum absolute atomic E-state index is 13.0. The molecular weight excluding hydrogens is 378 g/mol. The second-order valence-electron chi connectivity index (χ2n) is 7.64. The van der Waals surface area contributed by atoms with Crippen LogP contribution in [-0.2, 0) is 0 Å². The van der Waals surface area contributed by atoms with Crippen LogP contribution in [0.5, 0.6) is 0 Å². The molecule has 1 aliphatic rings. The van der Waals surface area contributed by atoms with Crippen LogP contribution in [0.15, 0.2) is 81.6 Å². The van der Waals surface area contributed by atoms with Crippen LogP contribution in [-0.4, -0.2) is 14.6 Å². The number of hydrogen-bond donors (Lipinski definition) is 1. The SMILES string of the molecule is O=c1c(C2CCCCC2)cnc2c(-c3ccc(Sc4ccccc4)cc3)c[nH]n12. The van der Waals surface area contributed by atoms with E-state index in [9.17, 15) is 4.79 Å². The minimum Gasteiger partial charge on any atom is -0.296 e. The summed E-state index contributed by atoms with van der Waals surface area (Å²) in [5.41, 5.74) is 3.60. The molecule has 0 radical (unpaired) electrons. The van der Waals surface area contributed by atoms with E-state index < -0.39 is 0 Å². The number of hydrogen-bond acceptors (Lipinski definition) is 3. The van der Waals surface area contributed by atoms with Crippen molar-refractivity contribution in [3.05, 3.63) is 82.9 Å². The highest BCUT2D eigenvalue weighted by molar-refractivity contribution is 7.99. The van der Waals surface area contributed by atoms with Crippen LogP contribution in [0.25, 0.3) is 16.8 Å². The molecule has 146 valence electrons. The number of nitrogens with zero attached hydrogens (tertiary/aromatic N) is 2. The van der Waals surface area contributed by atoms with Crippen LogP contribution < -0.4 is 5.56 Å². The first kappa shape index (κ1) is 18.3. The van der Waals surface area contributed by atoms with Gasteiger partial charge in [0.25, 0.3) is 5.56 Å². The van der Waals surface area contributed by atoms with Crippen molar-refractivity contribution < 1.29 is 0 Å². The lowest BCUT2D eigenvalue weighted by Crippen LogP contribution is -2.23. The highest BCUT2D eigenvalue weighted by Crippen LogP contribution is 2.32. The molecule has 0 unspecified atom stereocenters. The number of rotatable bonds is 4. The molecule has 1 saturated carbocycles. The molecule has 0 atom stereocenters. The van der Waals surface area contributed by atoms with E-state index in [0.717, 1.165) is 29.5 Å². The first-order valence-electron chi connectivity index (χ1n) is 10.2. The maximum atomic E-state index is 13.0. The average molecular weight is 402 g/mol. The molecule has 1 fully saturated rings. The Morgan fingerprint density at radius 1 is 0.931 bits per heavy atom. The Hall–Kier alpha value is -2.79. The summed E-state index contributed by atoms with van der Waals surface area (Å²) in [7, 11) is 0. The Morgan fingerprint density at radius 2 is 1.66 bits per heavy atom. The standard InChI is InChI=1S/C24H23N3OS/c28-24-22(17-7-3-1-4-8-17)15-25-23-21(16-26-27(23)24)18-11-13-20(14-12-18)29-19-9-5-2-6-10-19/h2,5-6,9-17,26H,1,3-4,7-8H2.